The Balaban J connectivity index is 1.39. The summed E-state index contributed by atoms with van der Waals surface area (Å²) in [4.78, 5) is 21.1. The van der Waals surface area contributed by atoms with Crippen LogP contribution in [-0.4, -0.2) is 42.6 Å². The van der Waals surface area contributed by atoms with Crippen molar-refractivity contribution in [2.45, 2.75) is 38.3 Å². The monoisotopic (exact) mass is 405 g/mol. The summed E-state index contributed by atoms with van der Waals surface area (Å²) in [6, 6.07) is 12.3. The molecule has 1 aromatic carbocycles. The molecule has 1 fully saturated rings. The molecule has 0 aliphatic carbocycles. The number of thiazole rings is 1. The highest BCUT2D eigenvalue weighted by atomic mass is 32.1. The number of hydrogen-bond acceptors (Lipinski definition) is 4. The van der Waals surface area contributed by atoms with Crippen LogP contribution in [0.4, 0.5) is 0 Å². The third-order valence-corrected chi connectivity index (χ3v) is 6.48. The van der Waals surface area contributed by atoms with Crippen molar-refractivity contribution in [3.05, 3.63) is 66.1 Å². The highest BCUT2D eigenvalue weighted by Crippen LogP contribution is 2.27. The second kappa shape index (κ2) is 7.83. The average molecular weight is 406 g/mol. The molecule has 1 amide bonds. The average Bonchev–Trinajstić information content (AvgIpc) is 3.50. The van der Waals surface area contributed by atoms with Crippen LogP contribution in [0.5, 0.6) is 0 Å². The lowest BCUT2D eigenvalue weighted by atomic mass is 9.99. The molecule has 29 heavy (non-hydrogen) atoms. The van der Waals surface area contributed by atoms with Crippen LogP contribution < -0.4 is 0 Å². The summed E-state index contributed by atoms with van der Waals surface area (Å²) in [6.07, 6.45) is 9.99. The van der Waals surface area contributed by atoms with E-state index < -0.39 is 0 Å². The van der Waals surface area contributed by atoms with Crippen LogP contribution in [0.1, 0.15) is 36.2 Å². The van der Waals surface area contributed by atoms with Gasteiger partial charge in [-0.05, 0) is 31.7 Å². The normalized spacial score (nSPS) is 17.1. The van der Waals surface area contributed by atoms with Gasteiger partial charge in [0.2, 0.25) is 0 Å². The Labute approximate surface area is 173 Å². The van der Waals surface area contributed by atoms with Crippen molar-refractivity contribution in [1.82, 2.24) is 24.1 Å². The maximum atomic E-state index is 13.5. The number of likely N-dealkylation sites (tertiary alicyclic amines) is 1. The van der Waals surface area contributed by atoms with Crippen LogP contribution in [0, 0.1) is 0 Å². The molecule has 0 spiro atoms. The summed E-state index contributed by atoms with van der Waals surface area (Å²) in [5.41, 5.74) is 2.68. The molecular weight excluding hydrogens is 382 g/mol. The molecule has 0 bridgehead atoms. The Hall–Kier alpha value is -2.93. The van der Waals surface area contributed by atoms with E-state index in [0.29, 0.717) is 5.69 Å². The standard InChI is InChI=1S/C22H23N5OS/c28-21(26-13-5-4-9-18(26)10-14-25-12-6-11-23-25)20-16-29-22-24-19(15-27(20)22)17-7-2-1-3-8-17/h1-3,6-8,11-12,15-16,18H,4-5,9-10,13-14H2/t18-/m0/s1. The van der Waals surface area contributed by atoms with Gasteiger partial charge < -0.3 is 4.90 Å². The number of carbonyl (C=O) groups is 1. The van der Waals surface area contributed by atoms with E-state index in [1.165, 1.54) is 17.8 Å². The van der Waals surface area contributed by atoms with Crippen molar-refractivity contribution in [3.8, 4) is 11.3 Å². The number of imidazole rings is 1. The van der Waals surface area contributed by atoms with Crippen LogP contribution in [-0.2, 0) is 6.54 Å². The van der Waals surface area contributed by atoms with Crippen LogP contribution in [0.15, 0.2) is 60.4 Å². The lowest BCUT2D eigenvalue weighted by molar-refractivity contribution is 0.0587. The number of fused-ring (bicyclic) bond motifs is 1. The van der Waals surface area contributed by atoms with E-state index in [2.05, 4.69) is 10.00 Å². The third-order valence-electron chi connectivity index (χ3n) is 5.64. The zero-order chi connectivity index (χ0) is 19.6. The van der Waals surface area contributed by atoms with Crippen molar-refractivity contribution < 1.29 is 4.79 Å². The molecule has 0 saturated carbocycles. The fourth-order valence-electron chi connectivity index (χ4n) is 4.11. The van der Waals surface area contributed by atoms with E-state index in [-0.39, 0.29) is 11.9 Å². The molecular formula is C22H23N5OS. The van der Waals surface area contributed by atoms with Crippen molar-refractivity contribution in [1.29, 1.82) is 0 Å². The maximum absolute atomic E-state index is 13.5. The van der Waals surface area contributed by atoms with Gasteiger partial charge in [0.1, 0.15) is 5.69 Å². The number of rotatable bonds is 5. The van der Waals surface area contributed by atoms with E-state index in [1.54, 1.807) is 6.20 Å². The number of carbonyl (C=O) groups excluding carboxylic acids is 1. The highest BCUT2D eigenvalue weighted by Gasteiger charge is 2.29. The third kappa shape index (κ3) is 3.58. The first-order valence-electron chi connectivity index (χ1n) is 10.1. The fraction of sp³-hybridized carbons (Fsp3) is 0.318. The fourth-order valence-corrected chi connectivity index (χ4v) is 4.96. The first kappa shape index (κ1) is 18.1. The van der Waals surface area contributed by atoms with E-state index in [1.807, 2.05) is 63.3 Å². The van der Waals surface area contributed by atoms with Gasteiger partial charge in [-0.15, -0.1) is 11.3 Å². The van der Waals surface area contributed by atoms with E-state index in [4.69, 9.17) is 4.98 Å². The summed E-state index contributed by atoms with van der Waals surface area (Å²) < 4.78 is 3.90. The molecule has 0 radical (unpaired) electrons. The van der Waals surface area contributed by atoms with Gasteiger partial charge >= 0.3 is 0 Å². The Morgan fingerprint density at radius 2 is 2.07 bits per heavy atom. The number of aromatic nitrogens is 4. The van der Waals surface area contributed by atoms with E-state index >= 15 is 0 Å². The lowest BCUT2D eigenvalue weighted by Gasteiger charge is -2.35. The molecule has 148 valence electrons. The highest BCUT2D eigenvalue weighted by molar-refractivity contribution is 7.15. The second-order valence-electron chi connectivity index (χ2n) is 7.47. The van der Waals surface area contributed by atoms with Gasteiger partial charge in [0, 0.05) is 48.7 Å². The van der Waals surface area contributed by atoms with Gasteiger partial charge in [0.25, 0.3) is 5.91 Å². The van der Waals surface area contributed by atoms with Crippen molar-refractivity contribution >= 4 is 22.2 Å². The SMILES string of the molecule is O=C(c1csc2nc(-c3ccccc3)cn12)N1CCCC[C@H]1CCn1cccn1. The van der Waals surface area contributed by atoms with Gasteiger partial charge in [0.15, 0.2) is 4.96 Å². The lowest BCUT2D eigenvalue weighted by Crippen LogP contribution is -2.44. The number of piperidine rings is 1. The van der Waals surface area contributed by atoms with Crippen LogP contribution in [0.2, 0.25) is 0 Å². The minimum Gasteiger partial charge on any atom is -0.334 e. The number of nitrogens with zero attached hydrogens (tertiary/aromatic N) is 5. The Morgan fingerprint density at radius 1 is 1.17 bits per heavy atom. The summed E-state index contributed by atoms with van der Waals surface area (Å²) in [5, 5.41) is 6.24. The molecule has 3 aromatic heterocycles. The molecule has 5 rings (SSSR count). The quantitative estimate of drug-likeness (QED) is 0.496. The number of aryl methyl sites for hydroxylation is 1. The topological polar surface area (TPSA) is 55.4 Å². The Morgan fingerprint density at radius 3 is 2.90 bits per heavy atom. The maximum Gasteiger partial charge on any atom is 0.271 e. The summed E-state index contributed by atoms with van der Waals surface area (Å²) in [5.74, 6) is 0.110. The van der Waals surface area contributed by atoms with Crippen LogP contribution >= 0.6 is 11.3 Å². The zero-order valence-corrected chi connectivity index (χ0v) is 17.0. The Bertz CT molecular complexity index is 1100. The zero-order valence-electron chi connectivity index (χ0n) is 16.1. The molecule has 0 N–H and O–H groups in total. The Kier molecular flexibility index (Phi) is 4.89. The van der Waals surface area contributed by atoms with E-state index in [9.17, 15) is 4.79 Å². The molecule has 4 heterocycles. The number of hydrogen-bond donors (Lipinski definition) is 0. The molecule has 4 aromatic rings. The minimum atomic E-state index is 0.110. The first-order chi connectivity index (χ1) is 14.3. The van der Waals surface area contributed by atoms with E-state index in [0.717, 1.165) is 48.6 Å². The molecule has 6 nitrogen and oxygen atoms in total. The van der Waals surface area contributed by atoms with Crippen LogP contribution in [0.3, 0.4) is 0 Å². The molecule has 1 atom stereocenters. The molecule has 0 unspecified atom stereocenters. The van der Waals surface area contributed by atoms with Gasteiger partial charge in [-0.25, -0.2) is 4.98 Å². The summed E-state index contributed by atoms with van der Waals surface area (Å²) in [6.45, 7) is 1.66. The summed E-state index contributed by atoms with van der Waals surface area (Å²) in [7, 11) is 0. The molecule has 1 aliphatic heterocycles. The van der Waals surface area contributed by atoms with Gasteiger partial charge in [-0.2, -0.15) is 5.10 Å². The van der Waals surface area contributed by atoms with Crippen molar-refractivity contribution in [2.75, 3.05) is 6.54 Å². The predicted octanol–water partition coefficient (Wildman–Crippen LogP) is 4.34. The van der Waals surface area contributed by atoms with Crippen molar-refractivity contribution in [2.24, 2.45) is 0 Å². The van der Waals surface area contributed by atoms with Gasteiger partial charge in [-0.1, -0.05) is 30.3 Å². The van der Waals surface area contributed by atoms with Gasteiger partial charge in [-0.3, -0.25) is 13.9 Å². The molecule has 1 saturated heterocycles. The number of benzene rings is 1. The molecule has 1 aliphatic rings. The predicted molar refractivity (Wildman–Crippen MR) is 114 cm³/mol. The first-order valence-corrected chi connectivity index (χ1v) is 11.0. The largest absolute Gasteiger partial charge is 0.334 e. The molecule has 7 heteroatoms. The summed E-state index contributed by atoms with van der Waals surface area (Å²) >= 11 is 1.52. The second-order valence-corrected chi connectivity index (χ2v) is 8.31. The van der Waals surface area contributed by atoms with Gasteiger partial charge in [0.05, 0.1) is 5.69 Å². The smallest absolute Gasteiger partial charge is 0.271 e. The van der Waals surface area contributed by atoms with Crippen molar-refractivity contribution in [3.63, 3.8) is 0 Å². The van der Waals surface area contributed by atoms with Crippen LogP contribution in [0.25, 0.3) is 16.2 Å². The number of amides is 1. The minimum absolute atomic E-state index is 0.110.